The zero-order valence-electron chi connectivity index (χ0n) is 13.7. The van der Waals surface area contributed by atoms with Crippen LogP contribution in [0.15, 0.2) is 21.7 Å². The van der Waals surface area contributed by atoms with E-state index in [1.54, 1.807) is 11.4 Å². The summed E-state index contributed by atoms with van der Waals surface area (Å²) < 4.78 is 25.6. The molecule has 1 aromatic rings. The molecule has 0 spiro atoms. The molecule has 1 heterocycles. The van der Waals surface area contributed by atoms with Crippen molar-refractivity contribution in [2.45, 2.75) is 42.4 Å². The summed E-state index contributed by atoms with van der Waals surface area (Å²) in [6, 6.07) is 3.32. The van der Waals surface area contributed by atoms with Crippen molar-refractivity contribution in [3.8, 4) is 0 Å². The zero-order valence-corrected chi connectivity index (χ0v) is 15.3. The molecule has 9 heteroatoms. The van der Waals surface area contributed by atoms with Gasteiger partial charge in [0.15, 0.2) is 0 Å². The fraction of sp³-hybridized carbons (Fsp3) is 0.600. The maximum atomic E-state index is 12.2. The summed E-state index contributed by atoms with van der Waals surface area (Å²) in [5.74, 6) is -0.740. The molecule has 0 atom stereocenters. The first kappa shape index (κ1) is 18.9. The molecular weight excluding hydrogens is 350 g/mol. The summed E-state index contributed by atoms with van der Waals surface area (Å²) in [5, 5.41) is 7.03. The monoisotopic (exact) mass is 373 g/mol. The Morgan fingerprint density at radius 3 is 2.58 bits per heavy atom. The van der Waals surface area contributed by atoms with Crippen molar-refractivity contribution >= 4 is 33.2 Å². The SMILES string of the molecule is CN(CC(=O)NCC(=O)NC1CCCCC1)S(=O)(=O)c1cccs1. The van der Waals surface area contributed by atoms with E-state index in [0.29, 0.717) is 0 Å². The van der Waals surface area contributed by atoms with E-state index >= 15 is 0 Å². The summed E-state index contributed by atoms with van der Waals surface area (Å²) in [7, 11) is -2.32. The van der Waals surface area contributed by atoms with Crippen LogP contribution in [0, 0.1) is 0 Å². The van der Waals surface area contributed by atoms with Crippen LogP contribution in [0.5, 0.6) is 0 Å². The second-order valence-corrected chi connectivity index (χ2v) is 9.09. The summed E-state index contributed by atoms with van der Waals surface area (Å²) in [5.41, 5.74) is 0. The normalized spacial score (nSPS) is 16.1. The first-order valence-electron chi connectivity index (χ1n) is 7.95. The third-order valence-electron chi connectivity index (χ3n) is 3.94. The van der Waals surface area contributed by atoms with Crippen LogP contribution in [0.25, 0.3) is 0 Å². The lowest BCUT2D eigenvalue weighted by molar-refractivity contribution is -0.126. The lowest BCUT2D eigenvalue weighted by atomic mass is 9.95. The van der Waals surface area contributed by atoms with Gasteiger partial charge in [-0.05, 0) is 24.3 Å². The molecule has 24 heavy (non-hydrogen) atoms. The molecule has 134 valence electrons. The number of nitrogens with zero attached hydrogens (tertiary/aromatic N) is 1. The Bertz CT molecular complexity index is 652. The molecule has 2 rings (SSSR count). The van der Waals surface area contributed by atoms with Gasteiger partial charge in [-0.15, -0.1) is 11.3 Å². The highest BCUT2D eigenvalue weighted by Crippen LogP contribution is 2.19. The lowest BCUT2D eigenvalue weighted by Gasteiger charge is -2.23. The average molecular weight is 374 g/mol. The van der Waals surface area contributed by atoms with Crippen molar-refractivity contribution in [1.82, 2.24) is 14.9 Å². The van der Waals surface area contributed by atoms with Gasteiger partial charge in [-0.1, -0.05) is 25.3 Å². The molecule has 0 aliphatic heterocycles. The average Bonchev–Trinajstić information content (AvgIpc) is 3.09. The highest BCUT2D eigenvalue weighted by Gasteiger charge is 2.24. The Morgan fingerprint density at radius 1 is 1.25 bits per heavy atom. The van der Waals surface area contributed by atoms with Gasteiger partial charge in [0.2, 0.25) is 11.8 Å². The van der Waals surface area contributed by atoms with Crippen LogP contribution < -0.4 is 10.6 Å². The quantitative estimate of drug-likeness (QED) is 0.743. The zero-order chi connectivity index (χ0) is 17.6. The van der Waals surface area contributed by atoms with E-state index < -0.39 is 15.9 Å². The second-order valence-electron chi connectivity index (χ2n) is 5.87. The molecular formula is C15H23N3O4S2. The molecule has 1 saturated carbocycles. The molecule has 0 radical (unpaired) electrons. The van der Waals surface area contributed by atoms with Crippen molar-refractivity contribution in [3.05, 3.63) is 17.5 Å². The topological polar surface area (TPSA) is 95.6 Å². The number of likely N-dealkylation sites (N-methyl/N-ethyl adjacent to an activating group) is 1. The Hall–Kier alpha value is -1.45. The number of sulfonamides is 1. The van der Waals surface area contributed by atoms with Crippen molar-refractivity contribution in [3.63, 3.8) is 0 Å². The van der Waals surface area contributed by atoms with Gasteiger partial charge < -0.3 is 10.6 Å². The lowest BCUT2D eigenvalue weighted by Crippen LogP contribution is -2.45. The van der Waals surface area contributed by atoms with Crippen molar-refractivity contribution in [2.24, 2.45) is 0 Å². The smallest absolute Gasteiger partial charge is 0.252 e. The first-order valence-corrected chi connectivity index (χ1v) is 10.3. The molecule has 0 unspecified atom stereocenters. The predicted octanol–water partition coefficient (Wildman–Crippen LogP) is 0.934. The number of hydrogen-bond donors (Lipinski definition) is 2. The predicted molar refractivity (Wildman–Crippen MR) is 92.2 cm³/mol. The Balaban J connectivity index is 1.75. The number of carbonyl (C=O) groups excluding carboxylic acids is 2. The maximum Gasteiger partial charge on any atom is 0.252 e. The number of nitrogens with one attached hydrogen (secondary N) is 2. The summed E-state index contributed by atoms with van der Waals surface area (Å²) in [6.07, 6.45) is 5.38. The van der Waals surface area contributed by atoms with Gasteiger partial charge in [-0.2, -0.15) is 4.31 Å². The van der Waals surface area contributed by atoms with Gasteiger partial charge in [0.1, 0.15) is 4.21 Å². The molecule has 0 saturated heterocycles. The minimum absolute atomic E-state index is 0.137. The number of carbonyl (C=O) groups is 2. The van der Waals surface area contributed by atoms with Crippen LogP contribution in [0.4, 0.5) is 0 Å². The fourth-order valence-corrected chi connectivity index (χ4v) is 4.94. The highest BCUT2D eigenvalue weighted by molar-refractivity contribution is 7.91. The number of hydrogen-bond acceptors (Lipinski definition) is 5. The molecule has 1 aliphatic carbocycles. The van der Waals surface area contributed by atoms with Gasteiger partial charge >= 0.3 is 0 Å². The van der Waals surface area contributed by atoms with Crippen LogP contribution in [-0.2, 0) is 19.6 Å². The van der Waals surface area contributed by atoms with Crippen LogP contribution in [0.1, 0.15) is 32.1 Å². The van der Waals surface area contributed by atoms with Gasteiger partial charge in [0.25, 0.3) is 10.0 Å². The van der Waals surface area contributed by atoms with Crippen LogP contribution in [0.2, 0.25) is 0 Å². The second kappa shape index (κ2) is 8.59. The number of thiophene rings is 1. The molecule has 2 amide bonds. The molecule has 1 fully saturated rings. The van der Waals surface area contributed by atoms with Gasteiger partial charge in [-0.3, -0.25) is 9.59 Å². The number of amides is 2. The third kappa shape index (κ3) is 5.29. The van der Waals surface area contributed by atoms with E-state index in [0.717, 1.165) is 41.3 Å². The van der Waals surface area contributed by atoms with Crippen molar-refractivity contribution in [1.29, 1.82) is 0 Å². The standard InChI is InChI=1S/C15H23N3O4S2/c1-18(24(21,22)15-8-5-9-23-15)11-14(20)16-10-13(19)17-12-6-3-2-4-7-12/h5,8-9,12H,2-4,6-7,10-11H2,1H3,(H,16,20)(H,17,19). The fourth-order valence-electron chi connectivity index (χ4n) is 2.61. The molecule has 0 aromatic carbocycles. The summed E-state index contributed by atoms with van der Waals surface area (Å²) in [6.45, 7) is -0.459. The van der Waals surface area contributed by atoms with Crippen LogP contribution in [-0.4, -0.2) is 50.7 Å². The molecule has 1 aromatic heterocycles. The summed E-state index contributed by atoms with van der Waals surface area (Å²) in [4.78, 5) is 23.7. The van der Waals surface area contributed by atoms with Crippen LogP contribution in [0.3, 0.4) is 0 Å². The minimum Gasteiger partial charge on any atom is -0.352 e. The Morgan fingerprint density at radius 2 is 1.96 bits per heavy atom. The molecule has 0 bridgehead atoms. The first-order chi connectivity index (χ1) is 11.4. The number of rotatable bonds is 7. The highest BCUT2D eigenvalue weighted by atomic mass is 32.2. The van der Waals surface area contributed by atoms with E-state index in [1.807, 2.05) is 0 Å². The Kier molecular flexibility index (Phi) is 6.76. The van der Waals surface area contributed by atoms with E-state index in [2.05, 4.69) is 10.6 Å². The van der Waals surface area contributed by atoms with Crippen molar-refractivity contribution in [2.75, 3.05) is 20.1 Å². The van der Waals surface area contributed by atoms with Gasteiger partial charge in [0, 0.05) is 13.1 Å². The molecule has 2 N–H and O–H groups in total. The molecule has 7 nitrogen and oxygen atoms in total. The van der Waals surface area contributed by atoms with E-state index in [4.69, 9.17) is 0 Å². The van der Waals surface area contributed by atoms with E-state index in [1.165, 1.54) is 19.5 Å². The van der Waals surface area contributed by atoms with E-state index in [9.17, 15) is 18.0 Å². The van der Waals surface area contributed by atoms with Crippen molar-refractivity contribution < 1.29 is 18.0 Å². The maximum absolute atomic E-state index is 12.2. The van der Waals surface area contributed by atoms with Gasteiger partial charge in [-0.25, -0.2) is 8.42 Å². The summed E-state index contributed by atoms with van der Waals surface area (Å²) >= 11 is 1.10. The Labute approximate surface area is 146 Å². The molecule has 1 aliphatic rings. The van der Waals surface area contributed by atoms with E-state index in [-0.39, 0.29) is 29.2 Å². The van der Waals surface area contributed by atoms with Gasteiger partial charge in [0.05, 0.1) is 13.1 Å². The van der Waals surface area contributed by atoms with Crippen LogP contribution >= 0.6 is 11.3 Å². The third-order valence-corrected chi connectivity index (χ3v) is 7.12. The minimum atomic E-state index is -3.66. The largest absolute Gasteiger partial charge is 0.352 e.